The van der Waals surface area contributed by atoms with Crippen LogP contribution in [0.1, 0.15) is 32.5 Å². The summed E-state index contributed by atoms with van der Waals surface area (Å²) in [5.41, 5.74) is 7.34. The van der Waals surface area contributed by atoms with Crippen LogP contribution in [0.4, 0.5) is 5.69 Å². The van der Waals surface area contributed by atoms with Gasteiger partial charge in [0.15, 0.2) is 5.65 Å². The Hall–Kier alpha value is -1.58. The van der Waals surface area contributed by atoms with Crippen LogP contribution in [0.15, 0.2) is 18.3 Å². The average molecular weight is 204 g/mol. The van der Waals surface area contributed by atoms with Crippen molar-refractivity contribution in [3.63, 3.8) is 0 Å². The monoisotopic (exact) mass is 204 g/mol. The topological polar surface area (TPSA) is 56.2 Å². The van der Waals surface area contributed by atoms with Gasteiger partial charge in [-0.3, -0.25) is 4.40 Å². The third-order valence-electron chi connectivity index (χ3n) is 2.86. The van der Waals surface area contributed by atoms with Crippen LogP contribution < -0.4 is 5.73 Å². The summed E-state index contributed by atoms with van der Waals surface area (Å²) in [6, 6.07) is 3.73. The van der Waals surface area contributed by atoms with Gasteiger partial charge >= 0.3 is 0 Å². The predicted molar refractivity (Wildman–Crippen MR) is 60.7 cm³/mol. The molecule has 2 heterocycles. The Morgan fingerprint density at radius 1 is 1.20 bits per heavy atom. The molecular weight excluding hydrogens is 188 g/mol. The van der Waals surface area contributed by atoms with Crippen molar-refractivity contribution in [2.24, 2.45) is 5.92 Å². The fraction of sp³-hybridized carbons (Fsp3) is 0.455. The number of nitrogens with zero attached hydrogens (tertiary/aromatic N) is 3. The van der Waals surface area contributed by atoms with Crippen molar-refractivity contribution in [1.82, 2.24) is 14.6 Å². The van der Waals surface area contributed by atoms with E-state index in [1.54, 1.807) is 0 Å². The second-order valence-corrected chi connectivity index (χ2v) is 4.28. The maximum Gasteiger partial charge on any atom is 0.160 e. The zero-order valence-corrected chi connectivity index (χ0v) is 9.31. The van der Waals surface area contributed by atoms with Gasteiger partial charge in [0.1, 0.15) is 5.82 Å². The molecule has 4 nitrogen and oxygen atoms in total. The molecule has 0 aromatic carbocycles. The van der Waals surface area contributed by atoms with Crippen molar-refractivity contribution in [2.45, 2.75) is 26.7 Å². The minimum Gasteiger partial charge on any atom is -0.398 e. The van der Waals surface area contributed by atoms with E-state index in [2.05, 4.69) is 31.0 Å². The lowest BCUT2D eigenvalue weighted by molar-refractivity contribution is 0.506. The van der Waals surface area contributed by atoms with E-state index in [4.69, 9.17) is 5.73 Å². The van der Waals surface area contributed by atoms with E-state index in [0.29, 0.717) is 11.8 Å². The summed E-state index contributed by atoms with van der Waals surface area (Å²) >= 11 is 0. The fourth-order valence-electron chi connectivity index (χ4n) is 1.53. The van der Waals surface area contributed by atoms with Crippen molar-refractivity contribution in [1.29, 1.82) is 0 Å². The maximum atomic E-state index is 5.75. The van der Waals surface area contributed by atoms with Gasteiger partial charge in [-0.05, 0) is 18.1 Å². The molecule has 2 rings (SSSR count). The summed E-state index contributed by atoms with van der Waals surface area (Å²) < 4.78 is 1.97. The summed E-state index contributed by atoms with van der Waals surface area (Å²) in [6.07, 6.45) is 1.88. The normalized spacial score (nSPS) is 13.6. The lowest BCUT2D eigenvalue weighted by Gasteiger charge is -2.13. The highest BCUT2D eigenvalue weighted by atomic mass is 15.2. The molecule has 0 saturated heterocycles. The molecule has 0 spiro atoms. The van der Waals surface area contributed by atoms with Crippen molar-refractivity contribution in [3.8, 4) is 0 Å². The summed E-state index contributed by atoms with van der Waals surface area (Å²) in [5, 5.41) is 8.34. The number of hydrogen-bond donors (Lipinski definition) is 1. The second kappa shape index (κ2) is 3.53. The minimum absolute atomic E-state index is 0.377. The number of aromatic nitrogens is 3. The first-order chi connectivity index (χ1) is 7.09. The average Bonchev–Trinajstić information content (AvgIpc) is 2.59. The molecule has 2 aromatic heterocycles. The van der Waals surface area contributed by atoms with Crippen LogP contribution in [-0.2, 0) is 0 Å². The van der Waals surface area contributed by atoms with E-state index >= 15 is 0 Å². The van der Waals surface area contributed by atoms with Gasteiger partial charge in [0.2, 0.25) is 0 Å². The van der Waals surface area contributed by atoms with Crippen LogP contribution in [0.3, 0.4) is 0 Å². The van der Waals surface area contributed by atoms with Gasteiger partial charge in [0, 0.05) is 17.8 Å². The SMILES string of the molecule is CC(C)C(C)c1nnc2ccc(N)cn12. The van der Waals surface area contributed by atoms with E-state index in [0.717, 1.165) is 17.2 Å². The highest BCUT2D eigenvalue weighted by Crippen LogP contribution is 2.22. The van der Waals surface area contributed by atoms with Gasteiger partial charge in [-0.15, -0.1) is 10.2 Å². The molecule has 0 amide bonds. The van der Waals surface area contributed by atoms with Crippen LogP contribution >= 0.6 is 0 Å². The van der Waals surface area contributed by atoms with E-state index in [-0.39, 0.29) is 0 Å². The van der Waals surface area contributed by atoms with Crippen LogP contribution in [0.5, 0.6) is 0 Å². The Morgan fingerprint density at radius 2 is 1.93 bits per heavy atom. The first-order valence-electron chi connectivity index (χ1n) is 5.19. The Bertz CT molecular complexity index is 472. The lowest BCUT2D eigenvalue weighted by Crippen LogP contribution is -2.07. The third-order valence-corrected chi connectivity index (χ3v) is 2.86. The minimum atomic E-state index is 0.377. The molecule has 80 valence electrons. The Kier molecular flexibility index (Phi) is 2.34. The molecule has 2 aromatic rings. The van der Waals surface area contributed by atoms with E-state index < -0.39 is 0 Å². The van der Waals surface area contributed by atoms with Gasteiger partial charge in [-0.25, -0.2) is 0 Å². The molecule has 4 heteroatoms. The van der Waals surface area contributed by atoms with Gasteiger partial charge < -0.3 is 5.73 Å². The van der Waals surface area contributed by atoms with Crippen molar-refractivity contribution < 1.29 is 0 Å². The molecule has 0 aliphatic rings. The number of pyridine rings is 1. The smallest absolute Gasteiger partial charge is 0.160 e. The van der Waals surface area contributed by atoms with Crippen molar-refractivity contribution >= 4 is 11.3 Å². The van der Waals surface area contributed by atoms with Gasteiger partial charge in [0.25, 0.3) is 0 Å². The van der Waals surface area contributed by atoms with E-state index in [1.807, 2.05) is 22.7 Å². The molecule has 0 aliphatic heterocycles. The quantitative estimate of drug-likeness (QED) is 0.814. The van der Waals surface area contributed by atoms with Crippen molar-refractivity contribution in [2.75, 3.05) is 5.73 Å². The second-order valence-electron chi connectivity index (χ2n) is 4.28. The van der Waals surface area contributed by atoms with E-state index in [9.17, 15) is 0 Å². The molecule has 0 radical (unpaired) electrons. The van der Waals surface area contributed by atoms with Crippen LogP contribution in [0.2, 0.25) is 0 Å². The maximum absolute atomic E-state index is 5.75. The summed E-state index contributed by atoms with van der Waals surface area (Å²) in [7, 11) is 0. The van der Waals surface area contributed by atoms with Crippen molar-refractivity contribution in [3.05, 3.63) is 24.2 Å². The molecule has 0 aliphatic carbocycles. The molecular formula is C11H16N4. The van der Waals surface area contributed by atoms with Gasteiger partial charge in [-0.2, -0.15) is 0 Å². The first-order valence-corrected chi connectivity index (χ1v) is 5.19. The third kappa shape index (κ3) is 1.67. The zero-order valence-electron chi connectivity index (χ0n) is 9.31. The first kappa shape index (κ1) is 9.96. The number of anilines is 1. The molecule has 15 heavy (non-hydrogen) atoms. The van der Waals surface area contributed by atoms with Gasteiger partial charge in [0.05, 0.1) is 0 Å². The fourth-order valence-corrected chi connectivity index (χ4v) is 1.53. The summed E-state index contributed by atoms with van der Waals surface area (Å²) in [6.45, 7) is 6.51. The molecule has 0 fully saturated rings. The molecule has 1 unspecified atom stereocenters. The Morgan fingerprint density at radius 3 is 2.60 bits per heavy atom. The summed E-state index contributed by atoms with van der Waals surface area (Å²) in [5.74, 6) is 1.90. The van der Waals surface area contributed by atoms with Crippen LogP contribution in [0, 0.1) is 5.92 Å². The number of fused-ring (bicyclic) bond motifs is 1. The summed E-state index contributed by atoms with van der Waals surface area (Å²) in [4.78, 5) is 0. The highest BCUT2D eigenvalue weighted by Gasteiger charge is 2.16. The molecule has 1 atom stereocenters. The zero-order chi connectivity index (χ0) is 11.0. The van der Waals surface area contributed by atoms with E-state index in [1.165, 1.54) is 0 Å². The lowest BCUT2D eigenvalue weighted by atomic mass is 9.97. The van der Waals surface area contributed by atoms with Crippen LogP contribution in [-0.4, -0.2) is 14.6 Å². The molecule has 0 bridgehead atoms. The highest BCUT2D eigenvalue weighted by molar-refractivity contribution is 5.47. The largest absolute Gasteiger partial charge is 0.398 e. The number of nitrogen functional groups attached to an aromatic ring is 1. The number of hydrogen-bond acceptors (Lipinski definition) is 3. The number of rotatable bonds is 2. The standard InChI is InChI=1S/C11H16N4/c1-7(2)8(3)11-14-13-10-5-4-9(12)6-15(10)11/h4-8H,12H2,1-3H3. The van der Waals surface area contributed by atoms with Gasteiger partial charge in [-0.1, -0.05) is 20.8 Å². The predicted octanol–water partition coefficient (Wildman–Crippen LogP) is 2.07. The number of nitrogens with two attached hydrogens (primary N) is 1. The van der Waals surface area contributed by atoms with Crippen LogP contribution in [0.25, 0.3) is 5.65 Å². The molecule has 0 saturated carbocycles. The Balaban J connectivity index is 2.56. The Labute approximate surface area is 89.1 Å². The molecule has 2 N–H and O–H groups in total.